The van der Waals surface area contributed by atoms with E-state index >= 15 is 0 Å². The Labute approximate surface area is 65.1 Å². The van der Waals surface area contributed by atoms with Crippen molar-refractivity contribution < 1.29 is 4.79 Å². The van der Waals surface area contributed by atoms with Gasteiger partial charge in [0.1, 0.15) is 0 Å². The van der Waals surface area contributed by atoms with Crippen molar-refractivity contribution in [1.82, 2.24) is 4.57 Å². The first-order valence-corrected chi connectivity index (χ1v) is 3.65. The van der Waals surface area contributed by atoms with Crippen LogP contribution >= 0.6 is 0 Å². The quantitative estimate of drug-likeness (QED) is 0.589. The average Bonchev–Trinajstić information content (AvgIpc) is 2.40. The molecule has 0 aliphatic carbocycles. The Morgan fingerprint density at radius 2 is 2.45 bits per heavy atom. The first kappa shape index (κ1) is 6.40. The average molecular weight is 147 g/mol. The molecular formula is C9H9NO. The molecule has 1 aromatic heterocycles. The van der Waals surface area contributed by atoms with Crippen LogP contribution in [0, 0.1) is 0 Å². The van der Waals surface area contributed by atoms with E-state index in [1.54, 1.807) is 6.92 Å². The van der Waals surface area contributed by atoms with Gasteiger partial charge in [-0.3, -0.25) is 4.79 Å². The monoisotopic (exact) mass is 147 g/mol. The molecule has 0 aromatic carbocycles. The molecule has 0 spiro atoms. The molecule has 0 radical (unpaired) electrons. The number of ketones is 1. The third-order valence-electron chi connectivity index (χ3n) is 1.99. The third-order valence-corrected chi connectivity index (χ3v) is 1.99. The molecule has 0 bridgehead atoms. The molecule has 0 saturated heterocycles. The van der Waals surface area contributed by atoms with Gasteiger partial charge < -0.3 is 4.57 Å². The van der Waals surface area contributed by atoms with E-state index in [1.165, 1.54) is 5.69 Å². The lowest BCUT2D eigenvalue weighted by molar-refractivity contribution is -0.113. The SMILES string of the molecule is CC(=O)C1=Cn2cccc2C1. The lowest BCUT2D eigenvalue weighted by Gasteiger charge is -1.90. The van der Waals surface area contributed by atoms with Crippen molar-refractivity contribution in [1.29, 1.82) is 0 Å². The number of nitrogens with zero attached hydrogens (tertiary/aromatic N) is 1. The van der Waals surface area contributed by atoms with Gasteiger partial charge in [-0.25, -0.2) is 0 Å². The smallest absolute Gasteiger partial charge is 0.157 e. The Hall–Kier alpha value is -1.31. The van der Waals surface area contributed by atoms with E-state index in [1.807, 2.05) is 29.1 Å². The van der Waals surface area contributed by atoms with E-state index in [2.05, 4.69) is 0 Å². The highest BCUT2D eigenvalue weighted by molar-refractivity contribution is 5.97. The highest BCUT2D eigenvalue weighted by atomic mass is 16.1. The summed E-state index contributed by atoms with van der Waals surface area (Å²) in [5.41, 5.74) is 2.11. The predicted molar refractivity (Wildman–Crippen MR) is 43.1 cm³/mol. The second-order valence-electron chi connectivity index (χ2n) is 2.79. The third kappa shape index (κ3) is 0.909. The van der Waals surface area contributed by atoms with Crippen LogP contribution < -0.4 is 0 Å². The normalized spacial score (nSPS) is 14.5. The van der Waals surface area contributed by atoms with Gasteiger partial charge in [0.05, 0.1) is 0 Å². The maximum atomic E-state index is 10.9. The molecule has 1 aliphatic rings. The fourth-order valence-corrected chi connectivity index (χ4v) is 1.33. The largest absolute Gasteiger partial charge is 0.327 e. The molecule has 11 heavy (non-hydrogen) atoms. The van der Waals surface area contributed by atoms with E-state index < -0.39 is 0 Å². The second-order valence-corrected chi connectivity index (χ2v) is 2.79. The van der Waals surface area contributed by atoms with Crippen molar-refractivity contribution in [3.8, 4) is 0 Å². The van der Waals surface area contributed by atoms with Crippen LogP contribution in [0.5, 0.6) is 0 Å². The Morgan fingerprint density at radius 1 is 1.64 bits per heavy atom. The minimum Gasteiger partial charge on any atom is -0.327 e. The number of hydrogen-bond donors (Lipinski definition) is 0. The van der Waals surface area contributed by atoms with Crippen LogP contribution in [0.3, 0.4) is 0 Å². The summed E-state index contributed by atoms with van der Waals surface area (Å²) in [6, 6.07) is 4.02. The van der Waals surface area contributed by atoms with E-state index in [0.29, 0.717) is 0 Å². The van der Waals surface area contributed by atoms with Gasteiger partial charge >= 0.3 is 0 Å². The number of aromatic nitrogens is 1. The van der Waals surface area contributed by atoms with E-state index in [0.717, 1.165) is 12.0 Å². The molecule has 0 N–H and O–H groups in total. The molecular weight excluding hydrogens is 138 g/mol. The summed E-state index contributed by atoms with van der Waals surface area (Å²) < 4.78 is 2.00. The lowest BCUT2D eigenvalue weighted by Crippen LogP contribution is -1.94. The van der Waals surface area contributed by atoms with Crippen LogP contribution in [0.25, 0.3) is 6.20 Å². The maximum Gasteiger partial charge on any atom is 0.157 e. The Bertz CT molecular complexity index is 333. The van der Waals surface area contributed by atoms with Crippen molar-refractivity contribution in [3.05, 3.63) is 29.6 Å². The number of carbonyl (C=O) groups is 1. The highest BCUT2D eigenvalue weighted by Crippen LogP contribution is 2.18. The molecule has 0 atom stereocenters. The summed E-state index contributed by atoms with van der Waals surface area (Å²) in [5, 5.41) is 0. The minimum absolute atomic E-state index is 0.175. The van der Waals surface area contributed by atoms with Crippen LogP contribution in [-0.2, 0) is 11.2 Å². The van der Waals surface area contributed by atoms with Crippen molar-refractivity contribution in [2.45, 2.75) is 13.3 Å². The summed E-state index contributed by atoms with van der Waals surface area (Å²) in [6.07, 6.45) is 4.66. The van der Waals surface area contributed by atoms with Crippen molar-refractivity contribution in [2.75, 3.05) is 0 Å². The molecule has 1 aliphatic heterocycles. The molecule has 0 unspecified atom stereocenters. The number of rotatable bonds is 1. The topological polar surface area (TPSA) is 22.0 Å². The van der Waals surface area contributed by atoms with Crippen LogP contribution in [0.2, 0.25) is 0 Å². The molecule has 2 rings (SSSR count). The van der Waals surface area contributed by atoms with Crippen LogP contribution in [0.4, 0.5) is 0 Å². The minimum atomic E-state index is 0.175. The van der Waals surface area contributed by atoms with E-state index in [-0.39, 0.29) is 5.78 Å². The first-order chi connectivity index (χ1) is 5.27. The van der Waals surface area contributed by atoms with Gasteiger partial charge in [-0.05, 0) is 19.1 Å². The van der Waals surface area contributed by atoms with E-state index in [9.17, 15) is 4.79 Å². The van der Waals surface area contributed by atoms with E-state index in [4.69, 9.17) is 0 Å². The highest BCUT2D eigenvalue weighted by Gasteiger charge is 2.13. The van der Waals surface area contributed by atoms with Gasteiger partial charge in [0.15, 0.2) is 5.78 Å². The number of hydrogen-bond acceptors (Lipinski definition) is 1. The van der Waals surface area contributed by atoms with Crippen LogP contribution in [0.1, 0.15) is 12.6 Å². The molecule has 1 aromatic rings. The molecule has 2 heterocycles. The molecule has 56 valence electrons. The van der Waals surface area contributed by atoms with Crippen LogP contribution in [-0.4, -0.2) is 10.4 Å². The molecule has 0 amide bonds. The van der Waals surface area contributed by atoms with Crippen LogP contribution in [0.15, 0.2) is 23.9 Å². The zero-order valence-corrected chi connectivity index (χ0v) is 6.37. The number of fused-ring (bicyclic) bond motifs is 1. The van der Waals surface area contributed by atoms with Crippen molar-refractivity contribution in [3.63, 3.8) is 0 Å². The summed E-state index contributed by atoms with van der Waals surface area (Å²) in [7, 11) is 0. The molecule has 0 fully saturated rings. The zero-order chi connectivity index (χ0) is 7.84. The maximum absolute atomic E-state index is 10.9. The van der Waals surface area contributed by atoms with Gasteiger partial charge in [0.2, 0.25) is 0 Å². The van der Waals surface area contributed by atoms with Gasteiger partial charge in [-0.2, -0.15) is 0 Å². The molecule has 0 saturated carbocycles. The molecule has 2 heteroatoms. The summed E-state index contributed by atoms with van der Waals surface area (Å²) >= 11 is 0. The standard InChI is InChI=1S/C9H9NO/c1-7(11)8-5-9-3-2-4-10(9)6-8/h2-4,6H,5H2,1H3. The summed E-state index contributed by atoms with van der Waals surface area (Å²) in [6.45, 7) is 1.61. The lowest BCUT2D eigenvalue weighted by atomic mass is 10.1. The zero-order valence-electron chi connectivity index (χ0n) is 6.37. The second kappa shape index (κ2) is 2.09. The number of carbonyl (C=O) groups excluding carboxylic acids is 1. The number of Topliss-reactive ketones (excluding diaryl/α,β-unsaturated/α-hetero) is 1. The Morgan fingerprint density at radius 3 is 3.09 bits per heavy atom. The summed E-state index contributed by atoms with van der Waals surface area (Å²) in [5.74, 6) is 0.175. The fourth-order valence-electron chi connectivity index (χ4n) is 1.33. The van der Waals surface area contributed by atoms with Gasteiger partial charge in [-0.15, -0.1) is 0 Å². The Balaban J connectivity index is 2.38. The fraction of sp³-hybridized carbons (Fsp3) is 0.222. The van der Waals surface area contributed by atoms with Crippen molar-refractivity contribution >= 4 is 12.0 Å². The predicted octanol–water partition coefficient (Wildman–Crippen LogP) is 1.47. The molecule has 2 nitrogen and oxygen atoms in total. The van der Waals surface area contributed by atoms with Gasteiger partial charge in [0.25, 0.3) is 0 Å². The van der Waals surface area contributed by atoms with Gasteiger partial charge in [0, 0.05) is 30.1 Å². The number of allylic oxidation sites excluding steroid dienone is 1. The first-order valence-electron chi connectivity index (χ1n) is 3.65. The Kier molecular flexibility index (Phi) is 1.22. The summed E-state index contributed by atoms with van der Waals surface area (Å²) in [4.78, 5) is 10.9. The van der Waals surface area contributed by atoms with Crippen molar-refractivity contribution in [2.24, 2.45) is 0 Å². The van der Waals surface area contributed by atoms with Gasteiger partial charge in [-0.1, -0.05) is 0 Å².